The summed E-state index contributed by atoms with van der Waals surface area (Å²) in [4.78, 5) is 40.5. The summed E-state index contributed by atoms with van der Waals surface area (Å²) in [6.07, 6.45) is 0. The van der Waals surface area contributed by atoms with E-state index in [1.54, 1.807) is 29.2 Å². The molecule has 0 unspecified atom stereocenters. The molecule has 1 aromatic heterocycles. The van der Waals surface area contributed by atoms with Crippen LogP contribution in [-0.4, -0.2) is 45.8 Å². The maximum Gasteiger partial charge on any atom is 0.420 e. The lowest BCUT2D eigenvalue weighted by Crippen LogP contribution is -2.52. The van der Waals surface area contributed by atoms with Gasteiger partial charge in [0.05, 0.1) is 12.1 Å². The normalized spacial score (nSPS) is 14.7. The number of aryl methyl sites for hydroxylation is 1. The highest BCUT2D eigenvalue weighted by atomic mass is 16.4. The lowest BCUT2D eigenvalue weighted by atomic mass is 10.1. The van der Waals surface area contributed by atoms with Crippen molar-refractivity contribution in [3.63, 3.8) is 0 Å². The number of aromatic nitrogens is 1. The zero-order valence-corrected chi connectivity index (χ0v) is 15.6. The Bertz CT molecular complexity index is 1080. The Kier molecular flexibility index (Phi) is 4.73. The number of hydrogen-bond acceptors (Lipinski definition) is 4. The van der Waals surface area contributed by atoms with Gasteiger partial charge in [-0.15, -0.1) is 0 Å². The first-order valence-electron chi connectivity index (χ1n) is 9.21. The summed E-state index contributed by atoms with van der Waals surface area (Å²) < 4.78 is 6.47. The minimum atomic E-state index is -0.570. The first-order chi connectivity index (χ1) is 13.5. The average molecular weight is 379 g/mol. The first kappa shape index (κ1) is 18.0. The number of benzene rings is 2. The molecule has 0 aliphatic carbocycles. The number of piperazine rings is 1. The van der Waals surface area contributed by atoms with E-state index in [4.69, 9.17) is 4.42 Å². The van der Waals surface area contributed by atoms with Crippen LogP contribution in [0, 0.1) is 6.92 Å². The number of carbonyl (C=O) groups excluding carboxylic acids is 2. The minimum Gasteiger partial charge on any atom is -0.408 e. The van der Waals surface area contributed by atoms with Gasteiger partial charge in [0.25, 0.3) is 0 Å². The molecular formula is C21H21N3O4. The lowest BCUT2D eigenvalue weighted by molar-refractivity contribution is -0.146. The maximum absolute atomic E-state index is 12.7. The molecule has 1 fully saturated rings. The molecule has 2 aromatic carbocycles. The maximum atomic E-state index is 12.7. The van der Waals surface area contributed by atoms with E-state index in [9.17, 15) is 14.4 Å². The van der Waals surface area contributed by atoms with Gasteiger partial charge in [-0.25, -0.2) is 4.79 Å². The molecule has 2 heterocycles. The summed E-state index contributed by atoms with van der Waals surface area (Å²) in [5.74, 6) is -0.930. The second kappa shape index (κ2) is 7.34. The predicted octanol–water partition coefficient (Wildman–Crippen LogP) is 1.77. The van der Waals surface area contributed by atoms with Crippen LogP contribution in [0.3, 0.4) is 0 Å². The molecule has 0 saturated carbocycles. The molecule has 0 radical (unpaired) electrons. The molecular weight excluding hydrogens is 358 g/mol. The highest BCUT2D eigenvalue weighted by molar-refractivity contribution is 5.86. The largest absolute Gasteiger partial charge is 0.420 e. The number of rotatable bonds is 4. The van der Waals surface area contributed by atoms with E-state index in [1.807, 2.05) is 31.2 Å². The third-order valence-electron chi connectivity index (χ3n) is 5.03. The number of para-hydroxylation sites is 2. The zero-order chi connectivity index (χ0) is 19.7. The molecule has 28 heavy (non-hydrogen) atoms. The topological polar surface area (TPSA) is 75.8 Å². The van der Waals surface area contributed by atoms with Gasteiger partial charge in [-0.1, -0.05) is 42.0 Å². The van der Waals surface area contributed by atoms with E-state index < -0.39 is 5.76 Å². The van der Waals surface area contributed by atoms with Crippen molar-refractivity contribution in [2.24, 2.45) is 0 Å². The second-order valence-electron chi connectivity index (χ2n) is 7.04. The van der Waals surface area contributed by atoms with Gasteiger partial charge < -0.3 is 14.2 Å². The van der Waals surface area contributed by atoms with Crippen molar-refractivity contribution in [2.45, 2.75) is 20.0 Å². The van der Waals surface area contributed by atoms with Gasteiger partial charge >= 0.3 is 5.76 Å². The first-order valence-corrected chi connectivity index (χ1v) is 9.21. The molecule has 7 heteroatoms. The van der Waals surface area contributed by atoms with Crippen LogP contribution >= 0.6 is 0 Å². The van der Waals surface area contributed by atoms with E-state index in [-0.39, 0.29) is 24.9 Å². The molecule has 0 bridgehead atoms. The van der Waals surface area contributed by atoms with Crippen LogP contribution in [0.4, 0.5) is 0 Å². The zero-order valence-electron chi connectivity index (χ0n) is 15.6. The number of amides is 2. The van der Waals surface area contributed by atoms with Gasteiger partial charge in [-0.2, -0.15) is 0 Å². The minimum absolute atomic E-state index is 0.0230. The molecule has 0 atom stereocenters. The fourth-order valence-electron chi connectivity index (χ4n) is 3.40. The summed E-state index contributed by atoms with van der Waals surface area (Å²) in [6, 6.07) is 15.0. The predicted molar refractivity (Wildman–Crippen MR) is 104 cm³/mol. The number of hydrogen-bond donors (Lipinski definition) is 0. The van der Waals surface area contributed by atoms with Crippen molar-refractivity contribution in [3.8, 4) is 0 Å². The second-order valence-corrected chi connectivity index (χ2v) is 7.04. The smallest absolute Gasteiger partial charge is 0.408 e. The van der Waals surface area contributed by atoms with Crippen molar-refractivity contribution < 1.29 is 14.0 Å². The molecule has 144 valence electrons. The number of nitrogens with zero attached hydrogens (tertiary/aromatic N) is 3. The summed E-state index contributed by atoms with van der Waals surface area (Å²) in [5.41, 5.74) is 3.26. The van der Waals surface area contributed by atoms with Crippen LogP contribution in [0.1, 0.15) is 11.1 Å². The van der Waals surface area contributed by atoms with Crippen molar-refractivity contribution in [1.82, 2.24) is 14.4 Å². The van der Waals surface area contributed by atoms with E-state index in [0.29, 0.717) is 30.7 Å². The number of fused-ring (bicyclic) bond motifs is 1. The van der Waals surface area contributed by atoms with Crippen LogP contribution in [0.5, 0.6) is 0 Å². The highest BCUT2D eigenvalue weighted by Crippen LogP contribution is 2.14. The van der Waals surface area contributed by atoms with E-state index in [0.717, 1.165) is 5.56 Å². The molecule has 1 saturated heterocycles. The van der Waals surface area contributed by atoms with Crippen molar-refractivity contribution in [3.05, 3.63) is 70.2 Å². The van der Waals surface area contributed by atoms with Crippen LogP contribution in [0.15, 0.2) is 57.7 Å². The Morgan fingerprint density at radius 3 is 2.54 bits per heavy atom. The van der Waals surface area contributed by atoms with Crippen molar-refractivity contribution in [2.75, 3.05) is 19.6 Å². The molecule has 0 N–H and O–H groups in total. The molecule has 1 aliphatic rings. The van der Waals surface area contributed by atoms with E-state index in [2.05, 4.69) is 0 Å². The quantitative estimate of drug-likeness (QED) is 0.692. The third-order valence-corrected chi connectivity index (χ3v) is 5.03. The molecule has 7 nitrogen and oxygen atoms in total. The van der Waals surface area contributed by atoms with Crippen molar-refractivity contribution in [1.29, 1.82) is 0 Å². The summed E-state index contributed by atoms with van der Waals surface area (Å²) in [6.45, 7) is 3.36. The fourth-order valence-corrected chi connectivity index (χ4v) is 3.40. The van der Waals surface area contributed by atoms with Gasteiger partial charge in [0.2, 0.25) is 11.8 Å². The monoisotopic (exact) mass is 379 g/mol. The fraction of sp³-hybridized carbons (Fsp3) is 0.286. The van der Waals surface area contributed by atoms with Crippen LogP contribution in [-0.2, 0) is 22.7 Å². The van der Waals surface area contributed by atoms with Gasteiger partial charge in [0.1, 0.15) is 6.54 Å². The van der Waals surface area contributed by atoms with Gasteiger partial charge in [0, 0.05) is 19.6 Å². The molecule has 3 aromatic rings. The molecule has 1 aliphatic heterocycles. The Labute approximate surface area is 161 Å². The van der Waals surface area contributed by atoms with Crippen LogP contribution in [0.25, 0.3) is 11.1 Å². The van der Waals surface area contributed by atoms with Crippen LogP contribution < -0.4 is 5.76 Å². The standard InChI is InChI=1S/C21H21N3O4/c1-15-6-8-16(9-7-15)12-22-10-11-23(13-19(22)25)20(26)14-24-17-4-2-3-5-18(17)28-21(24)27/h2-9H,10-14H2,1H3. The Morgan fingerprint density at radius 1 is 1.04 bits per heavy atom. The highest BCUT2D eigenvalue weighted by Gasteiger charge is 2.27. The van der Waals surface area contributed by atoms with E-state index in [1.165, 1.54) is 15.0 Å². The number of oxazole rings is 1. The van der Waals surface area contributed by atoms with Crippen LogP contribution in [0.2, 0.25) is 0 Å². The molecule has 2 amide bonds. The van der Waals surface area contributed by atoms with Crippen molar-refractivity contribution >= 4 is 22.9 Å². The molecule has 0 spiro atoms. The summed E-state index contributed by atoms with van der Waals surface area (Å²) >= 11 is 0. The van der Waals surface area contributed by atoms with E-state index >= 15 is 0 Å². The number of carbonyl (C=O) groups is 2. The summed E-state index contributed by atoms with van der Waals surface area (Å²) in [7, 11) is 0. The lowest BCUT2D eigenvalue weighted by Gasteiger charge is -2.34. The summed E-state index contributed by atoms with van der Waals surface area (Å²) in [5, 5.41) is 0. The SMILES string of the molecule is Cc1ccc(CN2CCN(C(=O)Cn3c(=O)oc4ccccc43)CC2=O)cc1. The van der Waals surface area contributed by atoms with Gasteiger partial charge in [-0.05, 0) is 24.6 Å². The molecule has 4 rings (SSSR count). The third kappa shape index (κ3) is 3.55. The Hall–Kier alpha value is -3.35. The Balaban J connectivity index is 1.41. The van der Waals surface area contributed by atoms with Gasteiger partial charge in [0.15, 0.2) is 5.58 Å². The Morgan fingerprint density at radius 2 is 1.79 bits per heavy atom. The van der Waals surface area contributed by atoms with Gasteiger partial charge in [-0.3, -0.25) is 14.2 Å². The average Bonchev–Trinajstić information content (AvgIpc) is 3.00.